The Hall–Kier alpha value is -4.77. The third kappa shape index (κ3) is 6.37. The summed E-state index contributed by atoms with van der Waals surface area (Å²) in [5.74, 6) is 0.494. The predicted molar refractivity (Wildman–Crippen MR) is 125 cm³/mol. The van der Waals surface area contributed by atoms with Crippen LogP contribution in [0, 0.1) is 11.3 Å². The lowest BCUT2D eigenvalue weighted by Gasteiger charge is -2.09. The van der Waals surface area contributed by atoms with Crippen molar-refractivity contribution in [2.24, 2.45) is 0 Å². The summed E-state index contributed by atoms with van der Waals surface area (Å²) < 4.78 is 21.1. The zero-order chi connectivity index (χ0) is 24.3. The number of esters is 1. The Kier molecular flexibility index (Phi) is 8.25. The highest BCUT2D eigenvalue weighted by Gasteiger charge is 2.12. The lowest BCUT2D eigenvalue weighted by Crippen LogP contribution is -2.23. The number of carbonyl (C=O) groups excluding carboxylic acids is 2. The largest absolute Gasteiger partial charge is 0.496 e. The molecule has 8 nitrogen and oxygen atoms in total. The van der Waals surface area contributed by atoms with Crippen molar-refractivity contribution in [1.82, 2.24) is 5.32 Å². The number of nitrogens with one attached hydrogen (secondary N) is 1. The van der Waals surface area contributed by atoms with Gasteiger partial charge in [-0.3, -0.25) is 4.79 Å². The van der Waals surface area contributed by atoms with Crippen molar-refractivity contribution in [1.29, 1.82) is 5.26 Å². The molecule has 0 aliphatic rings. The van der Waals surface area contributed by atoms with E-state index in [1.165, 1.54) is 31.6 Å². The summed E-state index contributed by atoms with van der Waals surface area (Å²) in [7, 11) is 2.97. The van der Waals surface area contributed by atoms with Gasteiger partial charge >= 0.3 is 5.97 Å². The van der Waals surface area contributed by atoms with E-state index in [0.29, 0.717) is 17.1 Å². The van der Waals surface area contributed by atoms with Crippen LogP contribution in [0.4, 0.5) is 0 Å². The van der Waals surface area contributed by atoms with Gasteiger partial charge < -0.3 is 23.9 Å². The van der Waals surface area contributed by atoms with Crippen molar-refractivity contribution in [3.8, 4) is 23.3 Å². The fourth-order valence-corrected chi connectivity index (χ4v) is 2.95. The SMILES string of the molecule is COc1ccccc1/C=C/C(=O)Oc1ccc(/C=C(\C#N)C(=O)NCc2ccco2)cc1OC. The molecule has 0 spiro atoms. The number of hydrogen-bond acceptors (Lipinski definition) is 7. The lowest BCUT2D eigenvalue weighted by molar-refractivity contribution is -0.129. The van der Waals surface area contributed by atoms with Crippen molar-refractivity contribution in [3.63, 3.8) is 0 Å². The monoisotopic (exact) mass is 458 g/mol. The summed E-state index contributed by atoms with van der Waals surface area (Å²) in [6.45, 7) is 0.158. The molecule has 1 amide bonds. The first kappa shape index (κ1) is 23.9. The smallest absolute Gasteiger partial charge is 0.336 e. The summed E-state index contributed by atoms with van der Waals surface area (Å²) in [4.78, 5) is 24.6. The van der Waals surface area contributed by atoms with Gasteiger partial charge in [0.05, 0.1) is 27.0 Å². The molecule has 2 aromatic carbocycles. The Bertz CT molecular complexity index is 1250. The molecule has 8 heteroatoms. The van der Waals surface area contributed by atoms with Gasteiger partial charge in [-0.15, -0.1) is 0 Å². The van der Waals surface area contributed by atoms with Crippen LogP contribution in [0.15, 0.2) is 76.9 Å². The van der Waals surface area contributed by atoms with E-state index in [2.05, 4.69) is 5.32 Å². The second-order valence-corrected chi connectivity index (χ2v) is 6.84. The number of furan rings is 1. The molecule has 0 saturated carbocycles. The average Bonchev–Trinajstić information content (AvgIpc) is 3.39. The Balaban J connectivity index is 1.70. The molecule has 0 fully saturated rings. The Morgan fingerprint density at radius 1 is 1.03 bits per heavy atom. The molecule has 172 valence electrons. The van der Waals surface area contributed by atoms with E-state index in [4.69, 9.17) is 18.6 Å². The normalized spacial score (nSPS) is 11.0. The minimum Gasteiger partial charge on any atom is -0.496 e. The molecule has 0 bridgehead atoms. The molecule has 34 heavy (non-hydrogen) atoms. The number of ether oxygens (including phenoxy) is 3. The van der Waals surface area contributed by atoms with Crippen LogP contribution >= 0.6 is 0 Å². The summed E-state index contributed by atoms with van der Waals surface area (Å²) in [6, 6.07) is 17.2. The van der Waals surface area contributed by atoms with E-state index in [0.717, 1.165) is 5.56 Å². The lowest BCUT2D eigenvalue weighted by atomic mass is 10.1. The molecule has 1 aromatic heterocycles. The fraction of sp³-hybridized carbons (Fsp3) is 0.115. The van der Waals surface area contributed by atoms with E-state index < -0.39 is 11.9 Å². The number of carbonyl (C=O) groups is 2. The van der Waals surface area contributed by atoms with Crippen molar-refractivity contribution < 1.29 is 28.2 Å². The first-order chi connectivity index (χ1) is 16.5. The Morgan fingerprint density at radius 2 is 1.82 bits per heavy atom. The van der Waals surface area contributed by atoms with Crippen LogP contribution in [0.2, 0.25) is 0 Å². The van der Waals surface area contributed by atoms with E-state index in [1.54, 1.807) is 43.5 Å². The predicted octanol–water partition coefficient (Wildman–Crippen LogP) is 4.14. The van der Waals surface area contributed by atoms with Crippen LogP contribution in [0.5, 0.6) is 17.2 Å². The van der Waals surface area contributed by atoms with Crippen LogP contribution in [0.25, 0.3) is 12.2 Å². The van der Waals surface area contributed by atoms with E-state index >= 15 is 0 Å². The molecule has 0 unspecified atom stereocenters. The number of nitriles is 1. The molecular formula is C26H22N2O6. The van der Waals surface area contributed by atoms with Crippen LogP contribution in [-0.4, -0.2) is 26.1 Å². The molecule has 1 N–H and O–H groups in total. The van der Waals surface area contributed by atoms with E-state index in [-0.39, 0.29) is 23.6 Å². The standard InChI is InChI=1S/C26H22N2O6/c1-31-22-8-4-3-6-19(22)10-12-25(29)34-23-11-9-18(15-24(23)32-2)14-20(16-27)26(30)28-17-21-7-5-13-33-21/h3-15H,17H2,1-2H3,(H,28,30)/b12-10+,20-14+. The van der Waals surface area contributed by atoms with Crippen molar-refractivity contribution in [2.45, 2.75) is 6.54 Å². The maximum absolute atomic E-state index is 12.3. The molecule has 1 heterocycles. The number of benzene rings is 2. The van der Waals surface area contributed by atoms with Gasteiger partial charge in [-0.25, -0.2) is 4.79 Å². The zero-order valence-electron chi connectivity index (χ0n) is 18.6. The molecule has 0 aliphatic heterocycles. The maximum Gasteiger partial charge on any atom is 0.336 e. The quantitative estimate of drug-likeness (QED) is 0.222. The summed E-state index contributed by atoms with van der Waals surface area (Å²) in [5, 5.41) is 12.0. The highest BCUT2D eigenvalue weighted by atomic mass is 16.6. The minimum atomic E-state index is -0.609. The topological polar surface area (TPSA) is 111 Å². The second kappa shape index (κ2) is 11.7. The van der Waals surface area contributed by atoms with Crippen LogP contribution in [0.1, 0.15) is 16.9 Å². The van der Waals surface area contributed by atoms with Crippen LogP contribution in [0.3, 0.4) is 0 Å². The molecular weight excluding hydrogens is 436 g/mol. The zero-order valence-corrected chi connectivity index (χ0v) is 18.6. The van der Waals surface area contributed by atoms with Gasteiger partial charge in [0.25, 0.3) is 5.91 Å². The van der Waals surface area contributed by atoms with E-state index in [1.807, 2.05) is 24.3 Å². The third-order valence-corrected chi connectivity index (χ3v) is 4.62. The number of hydrogen-bond donors (Lipinski definition) is 1. The molecule has 0 aliphatic carbocycles. The second-order valence-electron chi connectivity index (χ2n) is 6.84. The molecule has 0 atom stereocenters. The molecule has 0 saturated heterocycles. The number of nitrogens with zero attached hydrogens (tertiary/aromatic N) is 1. The fourth-order valence-electron chi connectivity index (χ4n) is 2.95. The number of methoxy groups -OCH3 is 2. The molecule has 3 rings (SSSR count). The highest BCUT2D eigenvalue weighted by molar-refractivity contribution is 6.01. The van der Waals surface area contributed by atoms with Crippen LogP contribution in [-0.2, 0) is 16.1 Å². The number of amides is 1. The Morgan fingerprint density at radius 3 is 2.53 bits per heavy atom. The van der Waals surface area contributed by atoms with Gasteiger partial charge in [0.1, 0.15) is 23.2 Å². The van der Waals surface area contributed by atoms with Gasteiger partial charge in [-0.05, 0) is 48.0 Å². The van der Waals surface area contributed by atoms with Crippen molar-refractivity contribution >= 4 is 24.0 Å². The molecule has 0 radical (unpaired) electrons. The number of rotatable bonds is 9. The summed E-state index contributed by atoms with van der Waals surface area (Å²) in [5.41, 5.74) is 1.15. The van der Waals surface area contributed by atoms with Crippen molar-refractivity contribution in [2.75, 3.05) is 14.2 Å². The summed E-state index contributed by atoms with van der Waals surface area (Å²) >= 11 is 0. The van der Waals surface area contributed by atoms with Crippen molar-refractivity contribution in [3.05, 3.63) is 89.4 Å². The third-order valence-electron chi connectivity index (χ3n) is 4.62. The first-order valence-electron chi connectivity index (χ1n) is 10.2. The first-order valence-corrected chi connectivity index (χ1v) is 10.2. The highest BCUT2D eigenvalue weighted by Crippen LogP contribution is 2.29. The van der Waals surface area contributed by atoms with Gasteiger partial charge in [-0.1, -0.05) is 24.3 Å². The average molecular weight is 458 g/mol. The number of para-hydroxylation sites is 1. The van der Waals surface area contributed by atoms with Gasteiger partial charge in [0.2, 0.25) is 0 Å². The van der Waals surface area contributed by atoms with Gasteiger partial charge in [0, 0.05) is 11.6 Å². The minimum absolute atomic E-state index is 0.0990. The maximum atomic E-state index is 12.3. The van der Waals surface area contributed by atoms with E-state index in [9.17, 15) is 14.9 Å². The Labute approximate surface area is 196 Å². The van der Waals surface area contributed by atoms with Gasteiger partial charge in [0.15, 0.2) is 11.5 Å². The summed E-state index contributed by atoms with van der Waals surface area (Å²) in [6.07, 6.45) is 5.78. The molecule has 3 aromatic rings. The van der Waals surface area contributed by atoms with Crippen LogP contribution < -0.4 is 19.5 Å². The van der Waals surface area contributed by atoms with Gasteiger partial charge in [-0.2, -0.15) is 5.26 Å².